The lowest BCUT2D eigenvalue weighted by Gasteiger charge is -2.49. The molecule has 10 nitrogen and oxygen atoms in total. The first-order chi connectivity index (χ1) is 18.1. The smallest absolute Gasteiger partial charge is 0.256 e. The summed E-state index contributed by atoms with van der Waals surface area (Å²) in [5, 5.41) is 3.89. The van der Waals surface area contributed by atoms with E-state index in [9.17, 15) is 17.6 Å². The molecule has 6 rings (SSSR count). The van der Waals surface area contributed by atoms with E-state index in [1.165, 1.54) is 15.1 Å². The highest BCUT2D eigenvalue weighted by Crippen LogP contribution is 2.32. The maximum Gasteiger partial charge on any atom is 0.256 e. The number of hydrogen-bond acceptors (Lipinski definition) is 8. The maximum absolute atomic E-state index is 14.6. The number of nitrogens with two attached hydrogens (primary N) is 2. The van der Waals surface area contributed by atoms with Gasteiger partial charge in [0.2, 0.25) is 5.95 Å². The Morgan fingerprint density at radius 1 is 1.18 bits per heavy atom. The quantitative estimate of drug-likeness (QED) is 0.382. The SMILES string of the molecule is CC1(N2CCC[C@@H](F)C2)COC1.Cc1nc2ccc(-c3c(F)cn4nc(N)nc(N)c34)nc2n1CC(F)F. The number of ether oxygens (including phenoxy) is 1. The van der Waals surface area contributed by atoms with Gasteiger partial charge < -0.3 is 20.8 Å². The monoisotopic (exact) mass is 535 g/mol. The molecule has 0 amide bonds. The molecule has 1 atom stereocenters. The van der Waals surface area contributed by atoms with E-state index in [0.29, 0.717) is 17.9 Å². The lowest BCUT2D eigenvalue weighted by molar-refractivity contribution is -0.141. The molecule has 2 aliphatic rings. The fourth-order valence-corrected chi connectivity index (χ4v) is 4.95. The molecule has 0 spiro atoms. The van der Waals surface area contributed by atoms with Gasteiger partial charge in [0.15, 0.2) is 17.3 Å². The Bertz CT molecular complexity index is 1470. The third kappa shape index (κ3) is 4.85. The topological polar surface area (TPSA) is 125 Å². The normalized spacial score (nSPS) is 19.5. The van der Waals surface area contributed by atoms with Crippen LogP contribution in [0, 0.1) is 12.7 Å². The van der Waals surface area contributed by atoms with E-state index >= 15 is 0 Å². The first-order valence-electron chi connectivity index (χ1n) is 12.2. The fourth-order valence-electron chi connectivity index (χ4n) is 4.95. The highest BCUT2D eigenvalue weighted by atomic mass is 19.3. The number of likely N-dealkylation sites (tertiary alicyclic amines) is 1. The van der Waals surface area contributed by atoms with Crippen molar-refractivity contribution in [2.45, 2.75) is 51.4 Å². The summed E-state index contributed by atoms with van der Waals surface area (Å²) in [5.74, 6) is -0.371. The summed E-state index contributed by atoms with van der Waals surface area (Å²) in [6.45, 7) is 6.42. The summed E-state index contributed by atoms with van der Waals surface area (Å²) in [5.41, 5.74) is 12.6. The van der Waals surface area contributed by atoms with Crippen molar-refractivity contribution in [2.75, 3.05) is 37.8 Å². The predicted molar refractivity (Wildman–Crippen MR) is 134 cm³/mol. The number of imidazole rings is 1. The maximum atomic E-state index is 14.6. The van der Waals surface area contributed by atoms with Crippen molar-refractivity contribution in [1.29, 1.82) is 0 Å². The molecule has 2 saturated heterocycles. The minimum atomic E-state index is -2.57. The zero-order valence-corrected chi connectivity index (χ0v) is 21.0. The molecule has 0 saturated carbocycles. The minimum absolute atomic E-state index is 0.0180. The van der Waals surface area contributed by atoms with Crippen molar-refractivity contribution >= 4 is 28.4 Å². The van der Waals surface area contributed by atoms with Crippen molar-refractivity contribution < 1.29 is 22.3 Å². The number of anilines is 2. The van der Waals surface area contributed by atoms with Crippen LogP contribution in [0.2, 0.25) is 0 Å². The van der Waals surface area contributed by atoms with Gasteiger partial charge >= 0.3 is 0 Å². The number of aryl methyl sites for hydroxylation is 1. The van der Waals surface area contributed by atoms with E-state index in [1.54, 1.807) is 13.0 Å². The number of aromatic nitrogens is 6. The molecule has 4 N–H and O–H groups in total. The standard InChI is InChI=1S/C15H13F3N8.C9H16FNO/c1-6-21-9-3-2-8(22-14(9)25(6)5-10(17)18)11-7(16)4-26-12(11)13(19)23-15(20)24-26;1-9(6-12-7-9)11-4-2-3-8(10)5-11/h2-4,10H,5H2,1H3,(H4,19,20,23,24);8H,2-7H2,1H3/t;8-/m.1/s1. The highest BCUT2D eigenvalue weighted by molar-refractivity contribution is 5.88. The molecule has 0 radical (unpaired) electrons. The van der Waals surface area contributed by atoms with E-state index < -0.39 is 25.0 Å². The Balaban J connectivity index is 0.000000204. The number of rotatable bonds is 4. The molecule has 0 aliphatic carbocycles. The number of halogens is 4. The Labute approximate surface area is 215 Å². The van der Waals surface area contributed by atoms with Gasteiger partial charge in [0.25, 0.3) is 6.43 Å². The summed E-state index contributed by atoms with van der Waals surface area (Å²) in [7, 11) is 0. The van der Waals surface area contributed by atoms with Gasteiger partial charge in [-0.1, -0.05) is 0 Å². The van der Waals surface area contributed by atoms with Crippen LogP contribution in [0.15, 0.2) is 18.3 Å². The van der Waals surface area contributed by atoms with Gasteiger partial charge in [0.1, 0.15) is 23.0 Å². The van der Waals surface area contributed by atoms with Crippen molar-refractivity contribution in [3.8, 4) is 11.3 Å². The summed E-state index contributed by atoms with van der Waals surface area (Å²) < 4.78 is 60.9. The second kappa shape index (κ2) is 9.98. The van der Waals surface area contributed by atoms with Gasteiger partial charge in [-0.25, -0.2) is 32.0 Å². The van der Waals surface area contributed by atoms with Gasteiger partial charge in [-0.05, 0) is 45.4 Å². The van der Waals surface area contributed by atoms with Crippen LogP contribution in [-0.2, 0) is 11.3 Å². The molecule has 204 valence electrons. The number of nitrogens with zero attached hydrogens (tertiary/aromatic N) is 7. The van der Waals surface area contributed by atoms with E-state index in [4.69, 9.17) is 16.2 Å². The van der Waals surface area contributed by atoms with Crippen LogP contribution in [0.3, 0.4) is 0 Å². The molecule has 2 aliphatic heterocycles. The van der Waals surface area contributed by atoms with E-state index in [0.717, 1.165) is 38.8 Å². The Hall–Kier alpha value is -3.52. The number of piperidine rings is 1. The molecule has 38 heavy (non-hydrogen) atoms. The average molecular weight is 536 g/mol. The van der Waals surface area contributed by atoms with Gasteiger partial charge in [0, 0.05) is 6.54 Å². The van der Waals surface area contributed by atoms with Crippen LogP contribution < -0.4 is 11.5 Å². The van der Waals surface area contributed by atoms with Crippen molar-refractivity contribution in [3.05, 3.63) is 30.0 Å². The van der Waals surface area contributed by atoms with Gasteiger partial charge in [-0.3, -0.25) is 4.90 Å². The third-order valence-electron chi connectivity index (χ3n) is 6.94. The summed E-state index contributed by atoms with van der Waals surface area (Å²) >= 11 is 0. The Morgan fingerprint density at radius 2 is 1.95 bits per heavy atom. The van der Waals surface area contributed by atoms with Crippen LogP contribution in [0.4, 0.5) is 29.3 Å². The van der Waals surface area contributed by atoms with E-state index in [1.807, 2.05) is 0 Å². The molecule has 4 aromatic heterocycles. The molecule has 6 heterocycles. The van der Waals surface area contributed by atoms with Crippen LogP contribution >= 0.6 is 0 Å². The lowest BCUT2D eigenvalue weighted by atomic mass is 9.94. The molecule has 0 unspecified atom stereocenters. The first-order valence-corrected chi connectivity index (χ1v) is 12.2. The lowest BCUT2D eigenvalue weighted by Crippen LogP contribution is -2.62. The molecular formula is C24H29F4N9O. The summed E-state index contributed by atoms with van der Waals surface area (Å²) in [6.07, 6.45) is -0.344. The molecule has 2 fully saturated rings. The molecule has 0 aromatic carbocycles. The number of hydrogen-bond donors (Lipinski definition) is 2. The second-order valence-corrected chi connectivity index (χ2v) is 9.88. The van der Waals surface area contributed by atoms with Gasteiger partial charge in [-0.15, -0.1) is 5.10 Å². The fraction of sp³-hybridized carbons (Fsp3) is 0.500. The Morgan fingerprint density at radius 3 is 2.61 bits per heavy atom. The molecule has 14 heteroatoms. The van der Waals surface area contributed by atoms with Gasteiger partial charge in [0.05, 0.1) is 42.8 Å². The number of fused-ring (bicyclic) bond motifs is 2. The molecule has 0 bridgehead atoms. The molecule has 4 aromatic rings. The third-order valence-corrected chi connectivity index (χ3v) is 6.94. The highest BCUT2D eigenvalue weighted by Gasteiger charge is 2.41. The van der Waals surface area contributed by atoms with Crippen molar-refractivity contribution in [1.82, 2.24) is 34.0 Å². The summed E-state index contributed by atoms with van der Waals surface area (Å²) in [4.78, 5) is 14.6. The van der Waals surface area contributed by atoms with Gasteiger partial charge in [-0.2, -0.15) is 4.98 Å². The largest absolute Gasteiger partial charge is 0.382 e. The Kier molecular flexibility index (Phi) is 6.86. The van der Waals surface area contributed by atoms with Crippen molar-refractivity contribution in [3.63, 3.8) is 0 Å². The van der Waals surface area contributed by atoms with Crippen LogP contribution in [0.1, 0.15) is 25.6 Å². The number of nitrogen functional groups attached to an aromatic ring is 2. The minimum Gasteiger partial charge on any atom is -0.382 e. The van der Waals surface area contributed by atoms with Crippen LogP contribution in [-0.4, -0.2) is 78.5 Å². The van der Waals surface area contributed by atoms with Crippen LogP contribution in [0.5, 0.6) is 0 Å². The second-order valence-electron chi connectivity index (χ2n) is 9.88. The van der Waals surface area contributed by atoms with E-state index in [-0.39, 0.29) is 39.7 Å². The number of alkyl halides is 3. The zero-order chi connectivity index (χ0) is 27.2. The van der Waals surface area contributed by atoms with Crippen molar-refractivity contribution in [2.24, 2.45) is 0 Å². The van der Waals surface area contributed by atoms with E-state index in [2.05, 4.69) is 31.9 Å². The first kappa shape index (κ1) is 26.1. The zero-order valence-electron chi connectivity index (χ0n) is 21.0. The number of pyridine rings is 1. The van der Waals surface area contributed by atoms with Crippen LogP contribution in [0.25, 0.3) is 27.9 Å². The predicted octanol–water partition coefficient (Wildman–Crippen LogP) is 3.23. The average Bonchev–Trinajstić information content (AvgIpc) is 3.32. The molecular weight excluding hydrogens is 506 g/mol. The summed E-state index contributed by atoms with van der Waals surface area (Å²) in [6, 6.07) is 3.12.